The molecule has 0 fully saturated rings. The van der Waals surface area contributed by atoms with Crippen LogP contribution in [0.15, 0.2) is 237 Å². The molecule has 3 aliphatic rings. The number of benzene rings is 10. The first kappa shape index (κ1) is 35.8. The summed E-state index contributed by atoms with van der Waals surface area (Å²) in [5, 5.41) is 2.56. The molecule has 0 atom stereocenters. The second kappa shape index (κ2) is 13.4. The predicted molar refractivity (Wildman–Crippen MR) is 268 cm³/mol. The smallest absolute Gasteiger partial charge is 0.0725 e. The quantitative estimate of drug-likeness (QED) is 0.167. The Labute approximate surface area is 376 Å². The Hall–Kier alpha value is -7.78. The van der Waals surface area contributed by atoms with Gasteiger partial charge in [-0.2, -0.15) is 0 Å². The van der Waals surface area contributed by atoms with Gasteiger partial charge < -0.3 is 4.90 Å². The summed E-state index contributed by atoms with van der Waals surface area (Å²) in [7, 11) is 0. The van der Waals surface area contributed by atoms with Crippen molar-refractivity contribution in [1.82, 2.24) is 0 Å². The molecule has 1 heterocycles. The van der Waals surface area contributed by atoms with Crippen LogP contribution in [-0.2, 0) is 10.8 Å². The Kier molecular flexibility index (Phi) is 7.47. The van der Waals surface area contributed by atoms with E-state index in [2.05, 4.69) is 241 Å². The molecule has 1 aromatic heterocycles. The van der Waals surface area contributed by atoms with Crippen LogP contribution in [0.3, 0.4) is 0 Å². The monoisotopic (exact) mass is 829 g/mol. The Balaban J connectivity index is 1.07. The minimum Gasteiger partial charge on any atom is -0.310 e. The SMILES string of the molecule is c1ccc(C2(c3ccccc3)c3ccccc3-c3ccc(N(c4ccc5c(c4)-c4ccccc4C54c5ccccc5-c5ccccc54)c4cccc5sc6ccccc6c45)cc32)cc1. The second-order valence-electron chi connectivity index (χ2n) is 17.5. The number of thiophene rings is 1. The molecule has 0 bridgehead atoms. The molecule has 10 aromatic carbocycles. The van der Waals surface area contributed by atoms with E-state index >= 15 is 0 Å². The third kappa shape index (κ3) is 4.57. The van der Waals surface area contributed by atoms with E-state index in [-0.39, 0.29) is 0 Å². The number of hydrogen-bond donors (Lipinski definition) is 0. The van der Waals surface area contributed by atoms with Gasteiger partial charge in [-0.05, 0) is 120 Å². The maximum absolute atomic E-state index is 2.55. The summed E-state index contributed by atoms with van der Waals surface area (Å²) in [6, 6.07) is 89.0. The molecule has 64 heavy (non-hydrogen) atoms. The number of rotatable bonds is 5. The van der Waals surface area contributed by atoms with Gasteiger partial charge in [0.2, 0.25) is 0 Å². The molecule has 14 rings (SSSR count). The molecule has 0 radical (unpaired) electrons. The van der Waals surface area contributed by atoms with Crippen LogP contribution in [0, 0.1) is 0 Å². The topological polar surface area (TPSA) is 3.24 Å². The predicted octanol–water partition coefficient (Wildman–Crippen LogP) is 16.2. The maximum Gasteiger partial charge on any atom is 0.0725 e. The van der Waals surface area contributed by atoms with Crippen molar-refractivity contribution in [3.63, 3.8) is 0 Å². The first-order chi connectivity index (χ1) is 31.8. The van der Waals surface area contributed by atoms with Crippen molar-refractivity contribution in [2.75, 3.05) is 4.90 Å². The molecule has 1 spiro atoms. The number of fused-ring (bicyclic) bond motifs is 16. The summed E-state index contributed by atoms with van der Waals surface area (Å²) in [4.78, 5) is 2.55. The Bertz CT molecular complexity index is 3610. The van der Waals surface area contributed by atoms with Crippen molar-refractivity contribution in [2.45, 2.75) is 10.8 Å². The van der Waals surface area contributed by atoms with Gasteiger partial charge in [0.1, 0.15) is 0 Å². The summed E-state index contributed by atoms with van der Waals surface area (Å²) < 4.78 is 2.58. The lowest BCUT2D eigenvalue weighted by molar-refractivity contribution is 0.768. The van der Waals surface area contributed by atoms with Gasteiger partial charge in [0.15, 0.2) is 0 Å². The molecule has 0 unspecified atom stereocenters. The van der Waals surface area contributed by atoms with Gasteiger partial charge in [-0.15, -0.1) is 11.3 Å². The van der Waals surface area contributed by atoms with Crippen LogP contribution in [-0.4, -0.2) is 0 Å². The minimum atomic E-state index is -0.524. The number of anilines is 3. The second-order valence-corrected chi connectivity index (χ2v) is 18.5. The van der Waals surface area contributed by atoms with Crippen molar-refractivity contribution in [1.29, 1.82) is 0 Å². The first-order valence-electron chi connectivity index (χ1n) is 22.3. The lowest BCUT2D eigenvalue weighted by atomic mass is 9.67. The summed E-state index contributed by atoms with van der Waals surface area (Å²) in [6.45, 7) is 0. The fourth-order valence-corrected chi connectivity index (χ4v) is 13.3. The van der Waals surface area contributed by atoms with Crippen molar-refractivity contribution >= 4 is 48.6 Å². The molecule has 1 nitrogen and oxygen atoms in total. The third-order valence-corrected chi connectivity index (χ3v) is 15.7. The van der Waals surface area contributed by atoms with Crippen molar-refractivity contribution < 1.29 is 0 Å². The van der Waals surface area contributed by atoms with E-state index in [1.807, 2.05) is 11.3 Å². The molecule has 0 amide bonds. The van der Waals surface area contributed by atoms with Crippen molar-refractivity contribution in [3.8, 4) is 33.4 Å². The fourth-order valence-electron chi connectivity index (χ4n) is 12.2. The normalized spacial score (nSPS) is 14.2. The van der Waals surface area contributed by atoms with Gasteiger partial charge in [0.05, 0.1) is 16.5 Å². The van der Waals surface area contributed by atoms with Gasteiger partial charge >= 0.3 is 0 Å². The minimum absolute atomic E-state index is 0.406. The zero-order valence-corrected chi connectivity index (χ0v) is 35.7. The highest BCUT2D eigenvalue weighted by molar-refractivity contribution is 7.26. The molecule has 0 aliphatic heterocycles. The molecule has 0 saturated heterocycles. The van der Waals surface area contributed by atoms with Crippen molar-refractivity contribution in [3.05, 3.63) is 281 Å². The highest BCUT2D eigenvalue weighted by Crippen LogP contribution is 2.64. The first-order valence-corrected chi connectivity index (χ1v) is 23.1. The van der Waals surface area contributed by atoms with Gasteiger partial charge in [-0.1, -0.05) is 194 Å². The van der Waals surface area contributed by atoms with E-state index in [0.29, 0.717) is 0 Å². The van der Waals surface area contributed by atoms with Crippen LogP contribution in [0.25, 0.3) is 53.6 Å². The Morgan fingerprint density at radius 2 is 0.750 bits per heavy atom. The molecule has 11 aromatic rings. The number of nitrogens with zero attached hydrogens (tertiary/aromatic N) is 1. The molecular weight excluding hydrogens is 791 g/mol. The van der Waals surface area contributed by atoms with Gasteiger partial charge in [-0.3, -0.25) is 0 Å². The lowest BCUT2D eigenvalue weighted by Crippen LogP contribution is -2.28. The summed E-state index contributed by atoms with van der Waals surface area (Å²) in [5.74, 6) is 0. The zero-order chi connectivity index (χ0) is 42.0. The molecule has 2 heteroatoms. The van der Waals surface area contributed by atoms with Crippen LogP contribution in [0.2, 0.25) is 0 Å². The summed E-state index contributed by atoms with van der Waals surface area (Å²) in [5.41, 5.74) is 20.8. The zero-order valence-electron chi connectivity index (χ0n) is 34.9. The molecule has 3 aliphatic carbocycles. The average Bonchev–Trinajstić information content (AvgIpc) is 4.08. The van der Waals surface area contributed by atoms with E-state index in [0.717, 1.165) is 11.4 Å². The van der Waals surface area contributed by atoms with Gasteiger partial charge in [-0.25, -0.2) is 0 Å². The maximum atomic E-state index is 2.55. The van der Waals surface area contributed by atoms with E-state index in [4.69, 9.17) is 0 Å². The summed E-state index contributed by atoms with van der Waals surface area (Å²) in [6.07, 6.45) is 0. The van der Waals surface area contributed by atoms with E-state index < -0.39 is 10.8 Å². The lowest BCUT2D eigenvalue weighted by Gasteiger charge is -2.35. The van der Waals surface area contributed by atoms with Crippen LogP contribution in [0.5, 0.6) is 0 Å². The van der Waals surface area contributed by atoms with E-state index in [1.165, 1.54) is 104 Å². The van der Waals surface area contributed by atoms with Crippen LogP contribution in [0.4, 0.5) is 17.1 Å². The Morgan fingerprint density at radius 1 is 0.297 bits per heavy atom. The van der Waals surface area contributed by atoms with Gasteiger partial charge in [0.25, 0.3) is 0 Å². The standard InChI is InChI=1S/C62H39NS/c1-3-18-40(19-4-1)61(41-20-5-2-6-21-41)51-27-12-7-24-46(51)48-36-34-43(39-56(48)61)63(57-31-17-33-59-60(57)49-26-11-16-32-58(49)64-59)42-35-37-55-50(38-42)47-25-10-15-30-54(47)62(55)52-28-13-8-22-44(52)45-23-9-14-29-53(45)62/h1-39H. The fraction of sp³-hybridized carbons (Fsp3) is 0.0323. The molecule has 0 saturated carbocycles. The highest BCUT2D eigenvalue weighted by atomic mass is 32.1. The molecule has 0 N–H and O–H groups in total. The molecular formula is C62H39NS. The van der Waals surface area contributed by atoms with Crippen molar-refractivity contribution in [2.24, 2.45) is 0 Å². The average molecular weight is 830 g/mol. The number of hydrogen-bond acceptors (Lipinski definition) is 2. The van der Waals surface area contributed by atoms with Crippen LogP contribution in [0.1, 0.15) is 44.5 Å². The van der Waals surface area contributed by atoms with Crippen LogP contribution < -0.4 is 4.90 Å². The third-order valence-electron chi connectivity index (χ3n) is 14.6. The van der Waals surface area contributed by atoms with Crippen LogP contribution >= 0.6 is 11.3 Å². The van der Waals surface area contributed by atoms with Gasteiger partial charge in [0, 0.05) is 31.5 Å². The Morgan fingerprint density at radius 3 is 1.38 bits per heavy atom. The van der Waals surface area contributed by atoms with E-state index in [1.54, 1.807) is 0 Å². The van der Waals surface area contributed by atoms with E-state index in [9.17, 15) is 0 Å². The summed E-state index contributed by atoms with van der Waals surface area (Å²) >= 11 is 1.87. The highest BCUT2D eigenvalue weighted by Gasteiger charge is 2.52. The largest absolute Gasteiger partial charge is 0.310 e. The molecule has 298 valence electrons.